The Morgan fingerprint density at radius 3 is 2.69 bits per heavy atom. The quantitative estimate of drug-likeness (QED) is 0.683. The normalized spacial score (nSPS) is 22.2. The van der Waals surface area contributed by atoms with Gasteiger partial charge in [-0.25, -0.2) is 0 Å². The van der Waals surface area contributed by atoms with Crippen LogP contribution in [0.2, 0.25) is 0 Å². The molecule has 0 aromatic rings. The molecule has 0 aromatic heterocycles. The number of carbonyl (C=O) groups is 1. The summed E-state index contributed by atoms with van der Waals surface area (Å²) >= 11 is 0. The predicted molar refractivity (Wildman–Crippen MR) is 63.6 cm³/mol. The maximum absolute atomic E-state index is 12.2. The van der Waals surface area contributed by atoms with Crippen LogP contribution in [0.4, 0.5) is 0 Å². The average molecular weight is 227 g/mol. The van der Waals surface area contributed by atoms with Crippen molar-refractivity contribution in [3.63, 3.8) is 0 Å². The van der Waals surface area contributed by atoms with Crippen LogP contribution in [-0.4, -0.2) is 40.5 Å². The minimum absolute atomic E-state index is 0.0457. The molecule has 0 spiro atoms. The molecular weight excluding hydrogens is 205 g/mol. The summed E-state index contributed by atoms with van der Waals surface area (Å²) in [5, 5.41) is 18.4. The second kappa shape index (κ2) is 6.25. The fourth-order valence-corrected chi connectivity index (χ4v) is 2.46. The molecule has 0 radical (unpaired) electrons. The first-order valence-corrected chi connectivity index (χ1v) is 6.28. The number of hydrogen-bond acceptors (Lipinski definition) is 3. The zero-order chi connectivity index (χ0) is 12.1. The Morgan fingerprint density at radius 2 is 2.19 bits per heavy atom. The Hall–Kier alpha value is -0.545. The third-order valence-electron chi connectivity index (χ3n) is 3.41. The van der Waals surface area contributed by atoms with Crippen molar-refractivity contribution in [1.29, 1.82) is 0 Å². The molecule has 2 unspecified atom stereocenters. The van der Waals surface area contributed by atoms with Crippen LogP contribution < -0.4 is 0 Å². The van der Waals surface area contributed by atoms with E-state index in [2.05, 4.69) is 6.92 Å². The highest BCUT2D eigenvalue weighted by atomic mass is 16.4. The highest BCUT2D eigenvalue weighted by molar-refractivity contribution is 6.43. The Balaban J connectivity index is 2.64. The van der Waals surface area contributed by atoms with Crippen molar-refractivity contribution in [1.82, 2.24) is 4.90 Å². The van der Waals surface area contributed by atoms with Gasteiger partial charge in [0, 0.05) is 12.5 Å². The number of rotatable bonds is 5. The van der Waals surface area contributed by atoms with Crippen LogP contribution in [0.15, 0.2) is 0 Å². The summed E-state index contributed by atoms with van der Waals surface area (Å²) in [5.74, 6) is -0.247. The van der Waals surface area contributed by atoms with E-state index >= 15 is 0 Å². The molecule has 1 fully saturated rings. The number of nitrogens with zero attached hydrogens (tertiary/aromatic N) is 1. The summed E-state index contributed by atoms with van der Waals surface area (Å²) in [6.45, 7) is 4.75. The molecule has 1 aliphatic rings. The molecule has 1 rings (SSSR count). The monoisotopic (exact) mass is 227 g/mol. The standard InChI is InChI=1S/C11H22BNO3/c1-3-6-9(4-2)11(14)13-8-5-7-10(13)12(15)16/h9-10,15-16H,3-8H2,1-2H3. The van der Waals surface area contributed by atoms with Crippen LogP contribution in [0, 0.1) is 5.92 Å². The molecule has 5 heteroatoms. The molecule has 1 heterocycles. The van der Waals surface area contributed by atoms with Gasteiger partial charge in [0.05, 0.1) is 5.94 Å². The predicted octanol–water partition coefficient (Wildman–Crippen LogP) is 0.816. The lowest BCUT2D eigenvalue weighted by Gasteiger charge is -2.27. The fourth-order valence-electron chi connectivity index (χ4n) is 2.46. The zero-order valence-corrected chi connectivity index (χ0v) is 10.2. The number of carbonyl (C=O) groups excluding carboxylic acids is 1. The largest absolute Gasteiger partial charge is 0.475 e. The molecule has 92 valence electrons. The van der Waals surface area contributed by atoms with Crippen molar-refractivity contribution in [3.8, 4) is 0 Å². The first-order valence-electron chi connectivity index (χ1n) is 6.28. The number of amides is 1. The van der Waals surface area contributed by atoms with Crippen molar-refractivity contribution < 1.29 is 14.8 Å². The van der Waals surface area contributed by atoms with E-state index in [1.54, 1.807) is 4.90 Å². The molecule has 0 aromatic carbocycles. The lowest BCUT2D eigenvalue weighted by molar-refractivity contribution is -0.135. The van der Waals surface area contributed by atoms with Crippen molar-refractivity contribution in [2.75, 3.05) is 6.54 Å². The molecule has 1 aliphatic heterocycles. The van der Waals surface area contributed by atoms with Gasteiger partial charge in [-0.05, 0) is 25.7 Å². The van der Waals surface area contributed by atoms with Gasteiger partial charge in [0.15, 0.2) is 0 Å². The van der Waals surface area contributed by atoms with Crippen molar-refractivity contribution in [2.24, 2.45) is 5.92 Å². The van der Waals surface area contributed by atoms with Gasteiger partial charge < -0.3 is 14.9 Å². The van der Waals surface area contributed by atoms with Crippen LogP contribution in [0.1, 0.15) is 46.0 Å². The van der Waals surface area contributed by atoms with Gasteiger partial charge in [0.25, 0.3) is 0 Å². The van der Waals surface area contributed by atoms with Crippen LogP contribution >= 0.6 is 0 Å². The topological polar surface area (TPSA) is 60.8 Å². The Bertz CT molecular complexity index is 235. The van der Waals surface area contributed by atoms with Gasteiger partial charge in [-0.2, -0.15) is 0 Å². The van der Waals surface area contributed by atoms with E-state index < -0.39 is 13.1 Å². The maximum atomic E-state index is 12.2. The second-order valence-corrected chi connectivity index (χ2v) is 4.55. The average Bonchev–Trinajstić information content (AvgIpc) is 2.73. The summed E-state index contributed by atoms with van der Waals surface area (Å²) in [5.41, 5.74) is 0. The van der Waals surface area contributed by atoms with Crippen molar-refractivity contribution in [3.05, 3.63) is 0 Å². The van der Waals surface area contributed by atoms with Crippen LogP contribution in [0.25, 0.3) is 0 Å². The van der Waals surface area contributed by atoms with E-state index in [0.29, 0.717) is 13.0 Å². The summed E-state index contributed by atoms with van der Waals surface area (Å²) in [4.78, 5) is 13.8. The molecule has 0 bridgehead atoms. The van der Waals surface area contributed by atoms with Crippen molar-refractivity contribution in [2.45, 2.75) is 51.9 Å². The Kier molecular flexibility index (Phi) is 5.28. The van der Waals surface area contributed by atoms with E-state index in [4.69, 9.17) is 0 Å². The summed E-state index contributed by atoms with van der Waals surface area (Å²) in [7, 11) is -1.40. The molecule has 2 atom stereocenters. The smallest absolute Gasteiger partial charge is 0.426 e. The molecule has 2 N–H and O–H groups in total. The third kappa shape index (κ3) is 2.98. The van der Waals surface area contributed by atoms with Gasteiger partial charge in [-0.15, -0.1) is 0 Å². The third-order valence-corrected chi connectivity index (χ3v) is 3.41. The number of hydrogen-bond donors (Lipinski definition) is 2. The first-order chi connectivity index (χ1) is 7.61. The zero-order valence-electron chi connectivity index (χ0n) is 10.2. The summed E-state index contributed by atoms with van der Waals surface area (Å²) < 4.78 is 0. The minimum Gasteiger partial charge on any atom is -0.426 e. The Labute approximate surface area is 97.8 Å². The highest BCUT2D eigenvalue weighted by Crippen LogP contribution is 2.23. The lowest BCUT2D eigenvalue weighted by Crippen LogP contribution is -2.47. The van der Waals surface area contributed by atoms with E-state index in [1.165, 1.54) is 0 Å². The second-order valence-electron chi connectivity index (χ2n) is 4.55. The summed E-state index contributed by atoms with van der Waals surface area (Å²) in [6.07, 6.45) is 4.28. The van der Waals surface area contributed by atoms with Crippen LogP contribution in [-0.2, 0) is 4.79 Å². The van der Waals surface area contributed by atoms with Gasteiger partial charge in [0.1, 0.15) is 0 Å². The van der Waals surface area contributed by atoms with E-state index in [0.717, 1.165) is 25.7 Å². The van der Waals surface area contributed by atoms with Gasteiger partial charge in [-0.3, -0.25) is 4.79 Å². The molecular formula is C11H22BNO3. The fraction of sp³-hybridized carbons (Fsp3) is 0.909. The van der Waals surface area contributed by atoms with E-state index in [-0.39, 0.29) is 11.8 Å². The first kappa shape index (κ1) is 13.5. The maximum Gasteiger partial charge on any atom is 0.475 e. The van der Waals surface area contributed by atoms with Crippen LogP contribution in [0.5, 0.6) is 0 Å². The van der Waals surface area contributed by atoms with E-state index in [1.807, 2.05) is 6.92 Å². The molecule has 0 saturated carbocycles. The molecule has 16 heavy (non-hydrogen) atoms. The van der Waals surface area contributed by atoms with Gasteiger partial charge in [-0.1, -0.05) is 20.3 Å². The van der Waals surface area contributed by atoms with Crippen molar-refractivity contribution >= 4 is 13.0 Å². The molecule has 1 amide bonds. The molecule has 0 aliphatic carbocycles. The van der Waals surface area contributed by atoms with E-state index in [9.17, 15) is 14.8 Å². The summed E-state index contributed by atoms with van der Waals surface area (Å²) in [6, 6.07) is 0. The SMILES string of the molecule is CCCC(CC)C(=O)N1CCCC1B(O)O. The molecule has 1 saturated heterocycles. The minimum atomic E-state index is -1.40. The van der Waals surface area contributed by atoms with Crippen LogP contribution in [0.3, 0.4) is 0 Å². The number of likely N-dealkylation sites (tertiary alicyclic amines) is 1. The van der Waals surface area contributed by atoms with Gasteiger partial charge >= 0.3 is 7.12 Å². The molecule has 4 nitrogen and oxygen atoms in total. The highest BCUT2D eigenvalue weighted by Gasteiger charge is 2.38. The lowest BCUT2D eigenvalue weighted by atomic mass is 9.77. The Morgan fingerprint density at radius 1 is 1.50 bits per heavy atom. The van der Waals surface area contributed by atoms with Gasteiger partial charge in [0.2, 0.25) is 5.91 Å².